The second kappa shape index (κ2) is 9.85. The van der Waals surface area contributed by atoms with Crippen molar-refractivity contribution in [2.75, 3.05) is 33.1 Å². The molecule has 0 saturated carbocycles. The maximum absolute atomic E-state index is 12.0. The van der Waals surface area contributed by atoms with Crippen molar-refractivity contribution in [3.8, 4) is 5.75 Å². The minimum atomic E-state index is -3.54. The largest absolute Gasteiger partial charge is 0.497 e. The number of methoxy groups -OCH3 is 1. The molecule has 0 aliphatic carbocycles. The van der Waals surface area contributed by atoms with Gasteiger partial charge in [0.15, 0.2) is 6.61 Å². The molecule has 0 fully saturated rings. The predicted octanol–water partition coefficient (Wildman–Crippen LogP) is 2.14. The van der Waals surface area contributed by atoms with Gasteiger partial charge >= 0.3 is 5.97 Å². The van der Waals surface area contributed by atoms with Crippen LogP contribution in [0.15, 0.2) is 59.5 Å². The van der Waals surface area contributed by atoms with Crippen molar-refractivity contribution in [3.63, 3.8) is 0 Å². The van der Waals surface area contributed by atoms with Crippen molar-refractivity contribution in [1.29, 1.82) is 0 Å². The summed E-state index contributed by atoms with van der Waals surface area (Å²) in [4.78, 5) is 23.8. The molecule has 9 heteroatoms. The maximum atomic E-state index is 12.0. The Kier molecular flexibility index (Phi) is 7.52. The third-order valence-corrected chi connectivity index (χ3v) is 5.60. The number of anilines is 1. The molecule has 1 amide bonds. The van der Waals surface area contributed by atoms with Crippen molar-refractivity contribution in [1.82, 2.24) is 4.31 Å². The second-order valence-corrected chi connectivity index (χ2v) is 8.23. The molecule has 0 bridgehead atoms. The Morgan fingerprint density at radius 1 is 1.10 bits per heavy atom. The zero-order chi connectivity index (χ0) is 21.4. The predicted molar refractivity (Wildman–Crippen MR) is 109 cm³/mol. The number of hydrogen-bond acceptors (Lipinski definition) is 6. The van der Waals surface area contributed by atoms with Gasteiger partial charge in [0.2, 0.25) is 10.0 Å². The molecule has 0 atom stereocenters. The Labute approximate surface area is 169 Å². The smallest absolute Gasteiger partial charge is 0.331 e. The van der Waals surface area contributed by atoms with E-state index in [1.54, 1.807) is 37.5 Å². The highest BCUT2D eigenvalue weighted by molar-refractivity contribution is 7.89. The van der Waals surface area contributed by atoms with Gasteiger partial charge in [-0.15, -0.1) is 0 Å². The number of rotatable bonds is 8. The molecule has 0 aliphatic heterocycles. The number of carbonyl (C=O) groups is 2. The summed E-state index contributed by atoms with van der Waals surface area (Å²) >= 11 is 0. The molecular formula is C20H22N2O6S. The van der Waals surface area contributed by atoms with E-state index in [1.807, 2.05) is 0 Å². The van der Waals surface area contributed by atoms with Crippen LogP contribution in [0.4, 0.5) is 5.69 Å². The number of amides is 1. The van der Waals surface area contributed by atoms with Crippen molar-refractivity contribution < 1.29 is 27.5 Å². The Morgan fingerprint density at radius 2 is 1.79 bits per heavy atom. The number of benzene rings is 2. The molecule has 0 heterocycles. The first kappa shape index (κ1) is 22.1. The van der Waals surface area contributed by atoms with Crippen molar-refractivity contribution >= 4 is 33.7 Å². The van der Waals surface area contributed by atoms with Gasteiger partial charge in [0.05, 0.1) is 12.0 Å². The summed E-state index contributed by atoms with van der Waals surface area (Å²) in [7, 11) is 0.870. The van der Waals surface area contributed by atoms with Gasteiger partial charge in [-0.1, -0.05) is 12.1 Å². The minimum absolute atomic E-state index is 0.106. The number of ether oxygens (including phenoxy) is 2. The average Bonchev–Trinajstić information content (AvgIpc) is 2.71. The number of nitrogens with one attached hydrogen (secondary N) is 1. The van der Waals surface area contributed by atoms with Gasteiger partial charge in [-0.3, -0.25) is 4.79 Å². The van der Waals surface area contributed by atoms with Gasteiger partial charge in [0.25, 0.3) is 5.91 Å². The first-order chi connectivity index (χ1) is 13.7. The first-order valence-corrected chi connectivity index (χ1v) is 9.97. The standard InChI is InChI=1S/C20H22N2O6S/c1-22(2)29(25,26)18-10-8-16(9-11-18)21-19(23)14-28-20(24)12-7-15-5-4-6-17(13-15)27-3/h4-13H,14H2,1-3H3,(H,21,23)/b12-7+. The summed E-state index contributed by atoms with van der Waals surface area (Å²) in [5, 5.41) is 2.53. The van der Waals surface area contributed by atoms with E-state index in [0.29, 0.717) is 11.4 Å². The van der Waals surface area contributed by atoms with E-state index >= 15 is 0 Å². The zero-order valence-corrected chi connectivity index (χ0v) is 17.1. The van der Waals surface area contributed by atoms with Crippen LogP contribution in [-0.4, -0.2) is 52.4 Å². The Balaban J connectivity index is 1.86. The van der Waals surface area contributed by atoms with Crippen LogP contribution in [0.5, 0.6) is 5.75 Å². The lowest BCUT2D eigenvalue weighted by molar-refractivity contribution is -0.142. The molecule has 0 aliphatic rings. The number of esters is 1. The molecule has 29 heavy (non-hydrogen) atoms. The van der Waals surface area contributed by atoms with Crippen LogP contribution in [0.2, 0.25) is 0 Å². The zero-order valence-electron chi connectivity index (χ0n) is 16.3. The molecule has 0 saturated heterocycles. The minimum Gasteiger partial charge on any atom is -0.497 e. The summed E-state index contributed by atoms with van der Waals surface area (Å²) in [5.41, 5.74) is 1.13. The number of hydrogen-bond donors (Lipinski definition) is 1. The monoisotopic (exact) mass is 418 g/mol. The fraction of sp³-hybridized carbons (Fsp3) is 0.200. The van der Waals surface area contributed by atoms with Crippen molar-refractivity contribution in [2.45, 2.75) is 4.90 Å². The van der Waals surface area contributed by atoms with Crippen LogP contribution in [0.25, 0.3) is 6.08 Å². The maximum Gasteiger partial charge on any atom is 0.331 e. The van der Waals surface area contributed by atoms with Gasteiger partial charge in [-0.25, -0.2) is 17.5 Å². The van der Waals surface area contributed by atoms with E-state index in [4.69, 9.17) is 9.47 Å². The Bertz CT molecular complexity index is 998. The van der Waals surface area contributed by atoms with Crippen LogP contribution in [0, 0.1) is 0 Å². The number of sulfonamides is 1. The second-order valence-electron chi connectivity index (χ2n) is 6.08. The molecular weight excluding hydrogens is 396 g/mol. The number of carbonyl (C=O) groups excluding carboxylic acids is 2. The SMILES string of the molecule is COc1cccc(/C=C/C(=O)OCC(=O)Nc2ccc(S(=O)(=O)N(C)C)cc2)c1. The molecule has 2 aromatic rings. The van der Waals surface area contributed by atoms with Gasteiger partial charge in [0.1, 0.15) is 5.75 Å². The van der Waals surface area contributed by atoms with E-state index in [-0.39, 0.29) is 4.90 Å². The van der Waals surface area contributed by atoms with Crippen LogP contribution in [0.1, 0.15) is 5.56 Å². The summed E-state index contributed by atoms with van der Waals surface area (Å²) in [6.45, 7) is -0.473. The summed E-state index contributed by atoms with van der Waals surface area (Å²) in [5.74, 6) is -0.559. The normalized spacial score (nSPS) is 11.4. The highest BCUT2D eigenvalue weighted by Crippen LogP contribution is 2.16. The molecule has 154 valence electrons. The van der Waals surface area contributed by atoms with E-state index in [1.165, 1.54) is 44.4 Å². The lowest BCUT2D eigenvalue weighted by Gasteiger charge is -2.12. The third-order valence-electron chi connectivity index (χ3n) is 3.77. The molecule has 2 aromatic carbocycles. The molecule has 2 rings (SSSR count). The van der Waals surface area contributed by atoms with Gasteiger partial charge in [0, 0.05) is 25.9 Å². The van der Waals surface area contributed by atoms with Gasteiger partial charge in [-0.05, 0) is 48.0 Å². The third kappa shape index (κ3) is 6.44. The lowest BCUT2D eigenvalue weighted by atomic mass is 10.2. The quantitative estimate of drug-likeness (QED) is 0.521. The fourth-order valence-corrected chi connectivity index (χ4v) is 3.11. The Morgan fingerprint density at radius 3 is 2.41 bits per heavy atom. The number of nitrogens with zero attached hydrogens (tertiary/aromatic N) is 1. The summed E-state index contributed by atoms with van der Waals surface area (Å²) in [6.07, 6.45) is 2.76. The van der Waals surface area contributed by atoms with Crippen LogP contribution in [-0.2, 0) is 24.3 Å². The molecule has 0 aromatic heterocycles. The first-order valence-electron chi connectivity index (χ1n) is 8.53. The molecule has 1 N–H and O–H groups in total. The van der Waals surface area contributed by atoms with Crippen molar-refractivity contribution in [3.05, 3.63) is 60.2 Å². The Hall–Kier alpha value is -3.17. The van der Waals surface area contributed by atoms with Crippen LogP contribution in [0.3, 0.4) is 0 Å². The molecule has 0 spiro atoms. The van der Waals surface area contributed by atoms with E-state index in [0.717, 1.165) is 9.87 Å². The molecule has 0 radical (unpaired) electrons. The highest BCUT2D eigenvalue weighted by Gasteiger charge is 2.16. The van der Waals surface area contributed by atoms with Crippen molar-refractivity contribution in [2.24, 2.45) is 0 Å². The van der Waals surface area contributed by atoms with Crippen LogP contribution < -0.4 is 10.1 Å². The van der Waals surface area contributed by atoms with Gasteiger partial charge in [-0.2, -0.15) is 0 Å². The molecule has 0 unspecified atom stereocenters. The highest BCUT2D eigenvalue weighted by atomic mass is 32.2. The van der Waals surface area contributed by atoms with E-state index in [9.17, 15) is 18.0 Å². The average molecular weight is 418 g/mol. The van der Waals surface area contributed by atoms with Crippen LogP contribution >= 0.6 is 0 Å². The topological polar surface area (TPSA) is 102 Å². The van der Waals surface area contributed by atoms with E-state index < -0.39 is 28.5 Å². The molecule has 8 nitrogen and oxygen atoms in total. The summed E-state index contributed by atoms with van der Waals surface area (Å²) in [6, 6.07) is 12.8. The lowest BCUT2D eigenvalue weighted by Crippen LogP contribution is -2.22. The summed E-state index contributed by atoms with van der Waals surface area (Å²) < 4.78 is 35.1. The fourth-order valence-electron chi connectivity index (χ4n) is 2.21. The van der Waals surface area contributed by atoms with E-state index in [2.05, 4.69) is 5.32 Å². The van der Waals surface area contributed by atoms with Gasteiger partial charge < -0.3 is 14.8 Å².